The Kier molecular flexibility index (Phi) is 3.25. The normalized spacial score (nSPS) is 10.6. The third-order valence-corrected chi connectivity index (χ3v) is 3.70. The number of nitrogen functional groups attached to an aromatic ring is 1. The average Bonchev–Trinajstić information content (AvgIpc) is 2.45. The van der Waals surface area contributed by atoms with Crippen LogP contribution in [0.4, 0.5) is 17.1 Å². The van der Waals surface area contributed by atoms with Gasteiger partial charge in [-0.15, -0.1) is 0 Å². The van der Waals surface area contributed by atoms with Gasteiger partial charge in [0.25, 0.3) is 0 Å². The molecule has 3 nitrogen and oxygen atoms in total. The number of benzene rings is 2. The Balaban J connectivity index is 2.01. The number of nitrogens with two attached hydrogens (primary N) is 1. The van der Waals surface area contributed by atoms with E-state index in [1.807, 2.05) is 36.5 Å². The van der Waals surface area contributed by atoms with Gasteiger partial charge in [-0.05, 0) is 59.0 Å². The second-order valence-electron chi connectivity index (χ2n) is 4.26. The van der Waals surface area contributed by atoms with Gasteiger partial charge in [0.05, 0.1) is 11.4 Å². The number of hydrogen-bond donors (Lipinski definition) is 2. The molecule has 2 aromatic carbocycles. The first-order chi connectivity index (χ1) is 9.24. The molecule has 0 amide bonds. The maximum atomic E-state index is 6.20. The van der Waals surface area contributed by atoms with Crippen LogP contribution in [0, 0.1) is 3.57 Å². The molecule has 0 aliphatic carbocycles. The summed E-state index contributed by atoms with van der Waals surface area (Å²) in [4.78, 5) is 4.10. The van der Waals surface area contributed by atoms with Crippen molar-refractivity contribution < 1.29 is 0 Å². The van der Waals surface area contributed by atoms with Crippen LogP contribution < -0.4 is 11.1 Å². The molecule has 0 fully saturated rings. The van der Waals surface area contributed by atoms with E-state index < -0.39 is 0 Å². The van der Waals surface area contributed by atoms with Crippen LogP contribution in [0.25, 0.3) is 10.8 Å². The minimum atomic E-state index is 0.749. The predicted octanol–water partition coefficient (Wildman–Crippen LogP) is 4.17. The molecular weight excluding hydrogens is 349 g/mol. The first-order valence-electron chi connectivity index (χ1n) is 5.89. The van der Waals surface area contributed by atoms with Crippen LogP contribution in [0.5, 0.6) is 0 Å². The van der Waals surface area contributed by atoms with E-state index in [0.29, 0.717) is 0 Å². The third kappa shape index (κ3) is 2.49. The summed E-state index contributed by atoms with van der Waals surface area (Å²) in [5.41, 5.74) is 8.90. The van der Waals surface area contributed by atoms with Crippen molar-refractivity contribution in [2.45, 2.75) is 0 Å². The lowest BCUT2D eigenvalue weighted by Gasteiger charge is -2.11. The van der Waals surface area contributed by atoms with E-state index in [-0.39, 0.29) is 0 Å². The Morgan fingerprint density at radius 1 is 1.00 bits per heavy atom. The largest absolute Gasteiger partial charge is 0.397 e. The van der Waals surface area contributed by atoms with Gasteiger partial charge in [0.15, 0.2) is 0 Å². The molecule has 0 unspecified atom stereocenters. The molecule has 4 heteroatoms. The van der Waals surface area contributed by atoms with E-state index in [1.54, 1.807) is 6.20 Å². The lowest BCUT2D eigenvalue weighted by molar-refractivity contribution is 1.36. The highest BCUT2D eigenvalue weighted by molar-refractivity contribution is 14.1. The number of fused-ring (bicyclic) bond motifs is 1. The molecule has 0 bridgehead atoms. The summed E-state index contributed by atoms with van der Waals surface area (Å²) >= 11 is 2.29. The lowest BCUT2D eigenvalue weighted by Crippen LogP contribution is -1.97. The number of halogens is 1. The Bertz CT molecular complexity index is 723. The van der Waals surface area contributed by atoms with Gasteiger partial charge in [0, 0.05) is 32.4 Å². The molecule has 0 saturated heterocycles. The molecule has 3 aromatic rings. The number of nitrogens with zero attached hydrogens (tertiary/aromatic N) is 1. The van der Waals surface area contributed by atoms with Crippen molar-refractivity contribution in [1.82, 2.24) is 4.98 Å². The second kappa shape index (κ2) is 5.05. The van der Waals surface area contributed by atoms with Crippen LogP contribution in [-0.2, 0) is 0 Å². The van der Waals surface area contributed by atoms with E-state index in [2.05, 4.69) is 45.0 Å². The number of anilines is 3. The summed E-state index contributed by atoms with van der Waals surface area (Å²) in [6.45, 7) is 0. The molecule has 3 N–H and O–H groups in total. The number of aromatic nitrogens is 1. The molecule has 1 aromatic heterocycles. The molecule has 19 heavy (non-hydrogen) atoms. The van der Waals surface area contributed by atoms with Crippen molar-refractivity contribution >= 4 is 50.4 Å². The van der Waals surface area contributed by atoms with Gasteiger partial charge in [-0.3, -0.25) is 4.98 Å². The molecule has 0 aliphatic heterocycles. The summed E-state index contributed by atoms with van der Waals surface area (Å²) in [6.07, 6.45) is 3.58. The monoisotopic (exact) mass is 361 g/mol. The zero-order valence-electron chi connectivity index (χ0n) is 10.1. The first-order valence-corrected chi connectivity index (χ1v) is 6.97. The molecule has 0 atom stereocenters. The molecule has 0 radical (unpaired) electrons. The Labute approximate surface area is 125 Å². The smallest absolute Gasteiger partial charge is 0.0634 e. The van der Waals surface area contributed by atoms with Gasteiger partial charge in [-0.1, -0.05) is 6.07 Å². The molecule has 0 spiro atoms. The van der Waals surface area contributed by atoms with Gasteiger partial charge in [-0.25, -0.2) is 0 Å². The molecule has 1 heterocycles. The Morgan fingerprint density at radius 2 is 1.79 bits per heavy atom. The minimum Gasteiger partial charge on any atom is -0.397 e. The number of nitrogens with one attached hydrogen (secondary N) is 1. The first kappa shape index (κ1) is 12.2. The van der Waals surface area contributed by atoms with E-state index in [0.717, 1.165) is 27.8 Å². The summed E-state index contributed by atoms with van der Waals surface area (Å²) in [6, 6.07) is 14.1. The van der Waals surface area contributed by atoms with E-state index >= 15 is 0 Å². The molecule has 94 valence electrons. The van der Waals surface area contributed by atoms with E-state index in [9.17, 15) is 0 Å². The van der Waals surface area contributed by atoms with Crippen molar-refractivity contribution in [2.75, 3.05) is 11.1 Å². The third-order valence-electron chi connectivity index (χ3n) is 2.99. The van der Waals surface area contributed by atoms with Crippen LogP contribution in [-0.4, -0.2) is 4.98 Å². The zero-order chi connectivity index (χ0) is 13.2. The second-order valence-corrected chi connectivity index (χ2v) is 5.50. The van der Waals surface area contributed by atoms with E-state index in [1.165, 1.54) is 3.57 Å². The fourth-order valence-electron chi connectivity index (χ4n) is 1.99. The van der Waals surface area contributed by atoms with Gasteiger partial charge in [0.2, 0.25) is 0 Å². The minimum absolute atomic E-state index is 0.749. The number of pyridine rings is 1. The van der Waals surface area contributed by atoms with Crippen LogP contribution in [0.1, 0.15) is 0 Å². The fraction of sp³-hybridized carbons (Fsp3) is 0. The molecule has 0 saturated carbocycles. The van der Waals surface area contributed by atoms with Crippen molar-refractivity contribution in [1.29, 1.82) is 0 Å². The van der Waals surface area contributed by atoms with Gasteiger partial charge >= 0.3 is 0 Å². The van der Waals surface area contributed by atoms with Crippen LogP contribution >= 0.6 is 22.6 Å². The van der Waals surface area contributed by atoms with Gasteiger partial charge in [-0.2, -0.15) is 0 Å². The van der Waals surface area contributed by atoms with Crippen molar-refractivity contribution in [3.05, 3.63) is 58.4 Å². The summed E-state index contributed by atoms with van der Waals surface area (Å²) in [5.74, 6) is 0. The predicted molar refractivity (Wildman–Crippen MR) is 88.6 cm³/mol. The molecule has 0 aliphatic rings. The average molecular weight is 361 g/mol. The zero-order valence-corrected chi connectivity index (χ0v) is 12.3. The Hall–Kier alpha value is -1.82. The van der Waals surface area contributed by atoms with Gasteiger partial charge < -0.3 is 11.1 Å². The van der Waals surface area contributed by atoms with Crippen LogP contribution in [0.2, 0.25) is 0 Å². The summed E-state index contributed by atoms with van der Waals surface area (Å²) in [5, 5.41) is 5.41. The topological polar surface area (TPSA) is 50.9 Å². The SMILES string of the molecule is Nc1c(Nc2ccc(I)cc2)ccc2cnccc12. The summed E-state index contributed by atoms with van der Waals surface area (Å²) < 4.78 is 1.21. The standard InChI is InChI=1S/C15H12IN3/c16-11-2-4-12(5-3-11)19-14-6-1-10-9-18-8-7-13(10)15(14)17/h1-9,19H,17H2. The number of hydrogen-bond acceptors (Lipinski definition) is 3. The maximum Gasteiger partial charge on any atom is 0.0634 e. The van der Waals surface area contributed by atoms with Gasteiger partial charge in [0.1, 0.15) is 0 Å². The maximum absolute atomic E-state index is 6.20. The lowest BCUT2D eigenvalue weighted by atomic mass is 10.1. The van der Waals surface area contributed by atoms with Crippen molar-refractivity contribution in [2.24, 2.45) is 0 Å². The molecular formula is C15H12IN3. The van der Waals surface area contributed by atoms with Crippen molar-refractivity contribution in [3.8, 4) is 0 Å². The highest BCUT2D eigenvalue weighted by atomic mass is 127. The fourth-order valence-corrected chi connectivity index (χ4v) is 2.35. The quantitative estimate of drug-likeness (QED) is 0.532. The van der Waals surface area contributed by atoms with Crippen LogP contribution in [0.3, 0.4) is 0 Å². The van der Waals surface area contributed by atoms with E-state index in [4.69, 9.17) is 5.73 Å². The highest BCUT2D eigenvalue weighted by Crippen LogP contribution is 2.30. The highest BCUT2D eigenvalue weighted by Gasteiger charge is 2.04. The van der Waals surface area contributed by atoms with Crippen LogP contribution in [0.15, 0.2) is 54.9 Å². The number of rotatable bonds is 2. The molecule has 3 rings (SSSR count). The summed E-state index contributed by atoms with van der Waals surface area (Å²) in [7, 11) is 0. The van der Waals surface area contributed by atoms with Crippen molar-refractivity contribution in [3.63, 3.8) is 0 Å². The Morgan fingerprint density at radius 3 is 2.58 bits per heavy atom.